The molecule has 1 heterocycles. The number of nitrogens with one attached hydrogen (secondary N) is 2. The summed E-state index contributed by atoms with van der Waals surface area (Å²) in [4.78, 5) is 33.9. The van der Waals surface area contributed by atoms with E-state index < -0.39 is 23.8 Å². The fourth-order valence-electron chi connectivity index (χ4n) is 4.97. The van der Waals surface area contributed by atoms with Crippen molar-refractivity contribution in [1.82, 2.24) is 15.7 Å². The molecule has 0 radical (unpaired) electrons. The van der Waals surface area contributed by atoms with Crippen LogP contribution in [-0.2, 0) is 14.4 Å². The van der Waals surface area contributed by atoms with Gasteiger partial charge in [0.1, 0.15) is 0 Å². The lowest BCUT2D eigenvalue weighted by atomic mass is 9.72. The van der Waals surface area contributed by atoms with Crippen molar-refractivity contribution in [2.75, 3.05) is 26.0 Å². The maximum Gasteiger partial charge on any atom is 0.407 e. The number of fused-ring (bicyclic) bond motifs is 1. The smallest absolute Gasteiger partial charge is 0.407 e. The Morgan fingerprint density at radius 2 is 1.86 bits per heavy atom. The molecular formula is C26H41N3O5S. The van der Waals surface area contributed by atoms with E-state index in [0.717, 1.165) is 30.7 Å². The molecule has 2 amide bonds. The van der Waals surface area contributed by atoms with Crippen molar-refractivity contribution in [3.63, 3.8) is 0 Å². The van der Waals surface area contributed by atoms with Crippen molar-refractivity contribution < 1.29 is 24.3 Å². The Labute approximate surface area is 213 Å². The number of alkyl carbamates (subject to hydrolysis) is 1. The average molecular weight is 508 g/mol. The lowest BCUT2D eigenvalue weighted by Gasteiger charge is -2.46. The third kappa shape index (κ3) is 8.66. The molecule has 1 aliphatic heterocycles. The molecule has 0 bridgehead atoms. The van der Waals surface area contributed by atoms with E-state index >= 15 is 0 Å². The first-order valence-electron chi connectivity index (χ1n) is 12.6. The van der Waals surface area contributed by atoms with Gasteiger partial charge in [0.2, 0.25) is 0 Å². The van der Waals surface area contributed by atoms with Crippen LogP contribution in [0, 0.1) is 11.8 Å². The monoisotopic (exact) mass is 507 g/mol. The van der Waals surface area contributed by atoms with Gasteiger partial charge in [0.05, 0.1) is 30.9 Å². The Morgan fingerprint density at radius 3 is 2.51 bits per heavy atom. The van der Waals surface area contributed by atoms with E-state index in [1.807, 2.05) is 51.1 Å². The molecule has 2 aliphatic rings. The van der Waals surface area contributed by atoms with Gasteiger partial charge >= 0.3 is 6.09 Å². The second kappa shape index (κ2) is 12.9. The summed E-state index contributed by atoms with van der Waals surface area (Å²) < 4.78 is 4.80. The minimum atomic E-state index is -0.871. The van der Waals surface area contributed by atoms with Crippen LogP contribution in [0.2, 0.25) is 0 Å². The molecule has 0 aromatic heterocycles. The number of piperidine rings is 1. The number of amides is 2. The highest BCUT2D eigenvalue weighted by atomic mass is 32.2. The van der Waals surface area contributed by atoms with Gasteiger partial charge in [-0.05, 0) is 57.6 Å². The molecular weight excluding hydrogens is 466 g/mol. The molecule has 1 saturated carbocycles. The standard InChI is InChI=1S/C26H41N3O5S/c1-26(2,3)34-28-24(31)22-14-18-10-8-9-11-19(18)15-29(22)16-23(30)21(27-25(32)33-4)17-35-20-12-6-5-7-13-20/h5-7,12-13,18-19,21-23,30H,8-11,14-17H2,1-4H3,(H,27,32)(H,28,31)/t18-,19+,21-,22-,23-/m0/s1. The van der Waals surface area contributed by atoms with E-state index in [1.54, 1.807) is 11.8 Å². The average Bonchev–Trinajstić information content (AvgIpc) is 2.84. The first-order valence-corrected chi connectivity index (χ1v) is 13.6. The maximum atomic E-state index is 13.2. The summed E-state index contributed by atoms with van der Waals surface area (Å²) in [7, 11) is 1.31. The Balaban J connectivity index is 1.71. The molecule has 35 heavy (non-hydrogen) atoms. The van der Waals surface area contributed by atoms with Crippen LogP contribution in [0.4, 0.5) is 4.79 Å². The number of hydrogen-bond donors (Lipinski definition) is 3. The Bertz CT molecular complexity index is 819. The van der Waals surface area contributed by atoms with Crippen molar-refractivity contribution in [3.8, 4) is 0 Å². The Morgan fingerprint density at radius 1 is 1.17 bits per heavy atom. The summed E-state index contributed by atoms with van der Waals surface area (Å²) in [5.74, 6) is 1.34. The summed E-state index contributed by atoms with van der Waals surface area (Å²) in [5.41, 5.74) is 2.16. The molecule has 1 aromatic carbocycles. The highest BCUT2D eigenvalue weighted by Crippen LogP contribution is 2.38. The van der Waals surface area contributed by atoms with Crippen molar-refractivity contribution in [3.05, 3.63) is 30.3 Å². The topological polar surface area (TPSA) is 100 Å². The number of methoxy groups -OCH3 is 1. The van der Waals surface area contributed by atoms with E-state index in [4.69, 9.17) is 9.57 Å². The number of aliphatic hydroxyl groups is 1. The van der Waals surface area contributed by atoms with Gasteiger partial charge in [0.25, 0.3) is 5.91 Å². The molecule has 1 aromatic rings. The van der Waals surface area contributed by atoms with Crippen LogP contribution in [0.25, 0.3) is 0 Å². The first-order chi connectivity index (χ1) is 16.7. The van der Waals surface area contributed by atoms with Gasteiger partial charge in [0.15, 0.2) is 0 Å². The van der Waals surface area contributed by atoms with Crippen LogP contribution >= 0.6 is 11.8 Å². The van der Waals surface area contributed by atoms with E-state index in [-0.39, 0.29) is 18.5 Å². The van der Waals surface area contributed by atoms with Crippen LogP contribution in [-0.4, -0.2) is 71.7 Å². The molecule has 0 spiro atoms. The summed E-state index contributed by atoms with van der Waals surface area (Å²) in [6.07, 6.45) is 4.01. The SMILES string of the molecule is COC(=O)N[C@@H](CSc1ccccc1)[C@@H](O)CN1C[C@H]2CCCC[C@H]2C[C@H]1C(=O)NOC(C)(C)C. The van der Waals surface area contributed by atoms with Gasteiger partial charge in [-0.2, -0.15) is 0 Å². The molecule has 196 valence electrons. The number of aliphatic hydroxyl groups excluding tert-OH is 1. The number of β-amino-alcohol motifs (C(OH)–C–C–N with tert-alkyl or cyclic N) is 1. The highest BCUT2D eigenvalue weighted by Gasteiger charge is 2.41. The maximum absolute atomic E-state index is 13.2. The molecule has 8 nitrogen and oxygen atoms in total. The fraction of sp³-hybridized carbons (Fsp3) is 0.692. The van der Waals surface area contributed by atoms with Gasteiger partial charge in [-0.3, -0.25) is 14.5 Å². The van der Waals surface area contributed by atoms with Crippen LogP contribution in [0.5, 0.6) is 0 Å². The zero-order valence-corrected chi connectivity index (χ0v) is 22.2. The number of thioether (sulfide) groups is 1. The van der Waals surface area contributed by atoms with E-state index in [9.17, 15) is 14.7 Å². The summed E-state index contributed by atoms with van der Waals surface area (Å²) in [6.45, 7) is 6.70. The van der Waals surface area contributed by atoms with Crippen molar-refractivity contribution in [2.24, 2.45) is 11.8 Å². The number of carbonyl (C=O) groups excluding carboxylic acids is 2. The largest absolute Gasteiger partial charge is 0.453 e. The van der Waals surface area contributed by atoms with E-state index in [2.05, 4.69) is 15.7 Å². The normalized spacial score (nSPS) is 24.7. The number of nitrogens with zero attached hydrogens (tertiary/aromatic N) is 1. The van der Waals surface area contributed by atoms with Gasteiger partial charge < -0.3 is 15.2 Å². The second-order valence-electron chi connectivity index (χ2n) is 10.6. The van der Waals surface area contributed by atoms with Crippen LogP contribution in [0.15, 0.2) is 35.2 Å². The molecule has 3 N–H and O–H groups in total. The first kappa shape index (κ1) is 27.8. The molecule has 9 heteroatoms. The van der Waals surface area contributed by atoms with Gasteiger partial charge in [0, 0.05) is 23.7 Å². The lowest BCUT2D eigenvalue weighted by molar-refractivity contribution is -0.155. The molecule has 0 unspecified atom stereocenters. The summed E-state index contributed by atoms with van der Waals surface area (Å²) in [5, 5.41) is 14.0. The predicted octanol–water partition coefficient (Wildman–Crippen LogP) is 3.59. The van der Waals surface area contributed by atoms with Crippen LogP contribution in [0.1, 0.15) is 52.9 Å². The summed E-state index contributed by atoms with van der Waals surface area (Å²) in [6, 6.07) is 8.94. The van der Waals surface area contributed by atoms with Crippen LogP contribution in [0.3, 0.4) is 0 Å². The van der Waals surface area contributed by atoms with Gasteiger partial charge in [-0.15, -0.1) is 11.8 Å². The minimum absolute atomic E-state index is 0.174. The number of ether oxygens (including phenoxy) is 1. The minimum Gasteiger partial charge on any atom is -0.453 e. The second-order valence-corrected chi connectivity index (χ2v) is 11.7. The molecule has 5 atom stereocenters. The molecule has 1 aliphatic carbocycles. The predicted molar refractivity (Wildman–Crippen MR) is 137 cm³/mol. The van der Waals surface area contributed by atoms with E-state index in [0.29, 0.717) is 17.6 Å². The van der Waals surface area contributed by atoms with Crippen molar-refractivity contribution >= 4 is 23.8 Å². The third-order valence-corrected chi connectivity index (χ3v) is 7.94. The zero-order chi connectivity index (χ0) is 25.4. The Hall–Kier alpha value is -1.81. The van der Waals surface area contributed by atoms with E-state index in [1.165, 1.54) is 20.0 Å². The quantitative estimate of drug-likeness (QED) is 0.347. The Kier molecular flexibility index (Phi) is 10.3. The number of rotatable bonds is 9. The third-order valence-electron chi connectivity index (χ3n) is 6.81. The van der Waals surface area contributed by atoms with Crippen molar-refractivity contribution in [1.29, 1.82) is 0 Å². The van der Waals surface area contributed by atoms with Crippen LogP contribution < -0.4 is 10.8 Å². The lowest BCUT2D eigenvalue weighted by Crippen LogP contribution is -2.59. The number of hydrogen-bond acceptors (Lipinski definition) is 7. The highest BCUT2D eigenvalue weighted by molar-refractivity contribution is 7.99. The van der Waals surface area contributed by atoms with Gasteiger partial charge in [-0.25, -0.2) is 10.3 Å². The van der Waals surface area contributed by atoms with Crippen molar-refractivity contribution in [2.45, 2.75) is 81.6 Å². The number of benzene rings is 1. The number of likely N-dealkylation sites (tertiary alicyclic amines) is 1. The zero-order valence-electron chi connectivity index (χ0n) is 21.4. The van der Waals surface area contributed by atoms with Gasteiger partial charge in [-0.1, -0.05) is 37.5 Å². The summed E-state index contributed by atoms with van der Waals surface area (Å²) >= 11 is 1.56. The number of carbonyl (C=O) groups is 2. The molecule has 1 saturated heterocycles. The molecule has 2 fully saturated rings. The number of hydroxylamine groups is 1. The fourth-order valence-corrected chi connectivity index (χ4v) is 6.00. The molecule has 3 rings (SSSR count).